The van der Waals surface area contributed by atoms with E-state index in [4.69, 9.17) is 0 Å². The molecule has 0 aliphatic carbocycles. The van der Waals surface area contributed by atoms with Gasteiger partial charge in [-0.25, -0.2) is 8.42 Å². The van der Waals surface area contributed by atoms with Gasteiger partial charge in [0.05, 0.1) is 16.3 Å². The van der Waals surface area contributed by atoms with Crippen molar-refractivity contribution in [1.82, 2.24) is 0 Å². The van der Waals surface area contributed by atoms with Crippen LogP contribution in [0, 0.1) is 0 Å². The number of benzene rings is 1. The molecule has 2 N–H and O–H groups in total. The second kappa shape index (κ2) is 3.88. The predicted molar refractivity (Wildman–Crippen MR) is 55.4 cm³/mol. The Morgan fingerprint density at radius 3 is 2.57 bits per heavy atom. The van der Waals surface area contributed by atoms with E-state index in [2.05, 4.69) is 5.32 Å². The van der Waals surface area contributed by atoms with Gasteiger partial charge in [0.1, 0.15) is 5.75 Å². The number of hydrogen-bond acceptors (Lipinski definition) is 4. The molecule has 0 fully saturated rings. The van der Waals surface area contributed by atoms with E-state index < -0.39 is 9.84 Å². The highest BCUT2D eigenvalue weighted by atomic mass is 32.2. The molecule has 1 aromatic carbocycles. The second-order valence-electron chi connectivity index (χ2n) is 2.83. The molecule has 0 unspecified atom stereocenters. The first-order chi connectivity index (χ1) is 6.51. The summed E-state index contributed by atoms with van der Waals surface area (Å²) in [7, 11) is -1.58. The highest BCUT2D eigenvalue weighted by Gasteiger charge is 2.13. The van der Waals surface area contributed by atoms with E-state index >= 15 is 0 Å². The van der Waals surface area contributed by atoms with Crippen molar-refractivity contribution in [3.8, 4) is 5.75 Å². The first-order valence-electron chi connectivity index (χ1n) is 4.24. The molecule has 0 amide bonds. The highest BCUT2D eigenvalue weighted by molar-refractivity contribution is 7.91. The lowest BCUT2D eigenvalue weighted by molar-refractivity contribution is 0.477. The molecule has 0 heterocycles. The van der Waals surface area contributed by atoms with E-state index in [9.17, 15) is 13.5 Å². The van der Waals surface area contributed by atoms with Crippen molar-refractivity contribution in [3.63, 3.8) is 0 Å². The predicted octanol–water partition coefficient (Wildman–Crippen LogP) is 1.23. The molecule has 0 spiro atoms. The summed E-state index contributed by atoms with van der Waals surface area (Å²) in [6.45, 7) is 1.58. The summed E-state index contributed by atoms with van der Waals surface area (Å²) in [6, 6.07) is 4.19. The summed E-state index contributed by atoms with van der Waals surface area (Å²) in [5, 5.41) is 12.0. The molecule has 0 bridgehead atoms. The molecule has 4 nitrogen and oxygen atoms in total. The van der Waals surface area contributed by atoms with Crippen molar-refractivity contribution in [1.29, 1.82) is 0 Å². The van der Waals surface area contributed by atoms with Gasteiger partial charge in [-0.1, -0.05) is 6.92 Å². The van der Waals surface area contributed by atoms with Crippen LogP contribution in [-0.4, -0.2) is 26.3 Å². The van der Waals surface area contributed by atoms with Crippen LogP contribution in [0.4, 0.5) is 5.69 Å². The van der Waals surface area contributed by atoms with Crippen LogP contribution >= 0.6 is 0 Å². The van der Waals surface area contributed by atoms with Gasteiger partial charge in [-0.15, -0.1) is 0 Å². The van der Waals surface area contributed by atoms with Gasteiger partial charge in [0, 0.05) is 7.05 Å². The van der Waals surface area contributed by atoms with Crippen LogP contribution in [0.3, 0.4) is 0 Å². The number of phenols is 1. The van der Waals surface area contributed by atoms with Crippen molar-refractivity contribution in [3.05, 3.63) is 18.2 Å². The van der Waals surface area contributed by atoms with Crippen LogP contribution in [0.15, 0.2) is 23.1 Å². The van der Waals surface area contributed by atoms with Crippen LogP contribution < -0.4 is 5.32 Å². The Kier molecular flexibility index (Phi) is 3.00. The molecular weight excluding hydrogens is 202 g/mol. The fourth-order valence-electron chi connectivity index (χ4n) is 1.08. The minimum atomic E-state index is -3.20. The summed E-state index contributed by atoms with van der Waals surface area (Å²) < 4.78 is 22.9. The Bertz CT molecular complexity index is 426. The average molecular weight is 215 g/mol. The Morgan fingerprint density at radius 2 is 2.07 bits per heavy atom. The number of phenolic OH excluding ortho intramolecular Hbond substituents is 1. The standard InChI is InChI=1S/C9H13NO3S/c1-3-14(12,13)7-4-5-9(11)8(6-7)10-2/h4-6,10-11H,3H2,1-2H3. The van der Waals surface area contributed by atoms with E-state index in [0.717, 1.165) is 0 Å². The Hall–Kier alpha value is -1.23. The smallest absolute Gasteiger partial charge is 0.178 e. The largest absolute Gasteiger partial charge is 0.506 e. The molecule has 1 aromatic rings. The molecule has 1 rings (SSSR count). The minimum absolute atomic E-state index is 0.0440. The fraction of sp³-hybridized carbons (Fsp3) is 0.333. The third-order valence-electron chi connectivity index (χ3n) is 1.98. The number of hydrogen-bond donors (Lipinski definition) is 2. The zero-order valence-electron chi connectivity index (χ0n) is 8.11. The van der Waals surface area contributed by atoms with Crippen LogP contribution in [0.1, 0.15) is 6.92 Å². The van der Waals surface area contributed by atoms with Gasteiger partial charge >= 0.3 is 0 Å². The Morgan fingerprint density at radius 1 is 1.43 bits per heavy atom. The summed E-state index contributed by atoms with van der Waals surface area (Å²) in [4.78, 5) is 0.224. The maximum atomic E-state index is 11.5. The molecule has 14 heavy (non-hydrogen) atoms. The van der Waals surface area contributed by atoms with Crippen LogP contribution in [0.5, 0.6) is 5.75 Å². The van der Waals surface area contributed by atoms with E-state index in [-0.39, 0.29) is 16.4 Å². The molecule has 0 aliphatic rings. The number of sulfone groups is 1. The van der Waals surface area contributed by atoms with Gasteiger partial charge in [0.2, 0.25) is 0 Å². The Labute approximate surface area is 83.5 Å². The van der Waals surface area contributed by atoms with E-state index in [1.54, 1.807) is 14.0 Å². The SMILES string of the molecule is CCS(=O)(=O)c1ccc(O)c(NC)c1. The molecule has 0 atom stereocenters. The maximum absolute atomic E-state index is 11.5. The van der Waals surface area contributed by atoms with Crippen LogP contribution in [0.2, 0.25) is 0 Å². The van der Waals surface area contributed by atoms with Gasteiger partial charge in [-0.3, -0.25) is 0 Å². The molecule has 0 aromatic heterocycles. The lowest BCUT2D eigenvalue weighted by atomic mass is 10.3. The Balaban J connectivity index is 3.26. The molecule has 0 radical (unpaired) electrons. The molecule has 5 heteroatoms. The molecule has 78 valence electrons. The summed E-state index contributed by atoms with van der Waals surface area (Å²) in [5.74, 6) is 0.101. The monoisotopic (exact) mass is 215 g/mol. The zero-order valence-corrected chi connectivity index (χ0v) is 8.93. The molecule has 0 saturated heterocycles. The van der Waals surface area contributed by atoms with Crippen LogP contribution in [-0.2, 0) is 9.84 Å². The van der Waals surface area contributed by atoms with Crippen molar-refractivity contribution in [2.45, 2.75) is 11.8 Å². The summed E-state index contributed by atoms with van der Waals surface area (Å²) in [6.07, 6.45) is 0. The van der Waals surface area contributed by atoms with E-state index in [0.29, 0.717) is 5.69 Å². The lowest BCUT2D eigenvalue weighted by Gasteiger charge is -2.06. The van der Waals surface area contributed by atoms with Gasteiger partial charge < -0.3 is 10.4 Å². The van der Waals surface area contributed by atoms with Crippen molar-refractivity contribution in [2.75, 3.05) is 18.1 Å². The van der Waals surface area contributed by atoms with Crippen molar-refractivity contribution < 1.29 is 13.5 Å². The normalized spacial score (nSPS) is 11.3. The van der Waals surface area contributed by atoms with E-state index in [1.165, 1.54) is 18.2 Å². The number of rotatable bonds is 3. The third-order valence-corrected chi connectivity index (χ3v) is 3.71. The zero-order chi connectivity index (χ0) is 10.8. The highest BCUT2D eigenvalue weighted by Crippen LogP contribution is 2.26. The van der Waals surface area contributed by atoms with Gasteiger partial charge in [0.25, 0.3) is 0 Å². The number of nitrogens with one attached hydrogen (secondary N) is 1. The lowest BCUT2D eigenvalue weighted by Crippen LogP contribution is -2.04. The quantitative estimate of drug-likeness (QED) is 0.744. The topological polar surface area (TPSA) is 66.4 Å². The maximum Gasteiger partial charge on any atom is 0.178 e. The van der Waals surface area contributed by atoms with Gasteiger partial charge in [0.15, 0.2) is 9.84 Å². The number of aromatic hydroxyl groups is 1. The first-order valence-corrected chi connectivity index (χ1v) is 5.90. The summed E-state index contributed by atoms with van der Waals surface area (Å²) in [5.41, 5.74) is 0.416. The second-order valence-corrected chi connectivity index (χ2v) is 5.11. The van der Waals surface area contributed by atoms with Gasteiger partial charge in [-0.2, -0.15) is 0 Å². The van der Waals surface area contributed by atoms with Crippen LogP contribution in [0.25, 0.3) is 0 Å². The molecule has 0 aliphatic heterocycles. The molecular formula is C9H13NO3S. The van der Waals surface area contributed by atoms with E-state index in [1.807, 2.05) is 0 Å². The fourth-order valence-corrected chi connectivity index (χ4v) is 1.98. The first kappa shape index (κ1) is 10.8. The average Bonchev–Trinajstić information content (AvgIpc) is 2.18. The minimum Gasteiger partial charge on any atom is -0.506 e. The van der Waals surface area contributed by atoms with Crippen molar-refractivity contribution >= 4 is 15.5 Å². The summed E-state index contributed by atoms with van der Waals surface area (Å²) >= 11 is 0. The van der Waals surface area contributed by atoms with Gasteiger partial charge in [-0.05, 0) is 18.2 Å². The molecule has 0 saturated carbocycles. The number of anilines is 1. The van der Waals surface area contributed by atoms with Crippen molar-refractivity contribution in [2.24, 2.45) is 0 Å². The third kappa shape index (κ3) is 1.98.